The van der Waals surface area contributed by atoms with Crippen molar-refractivity contribution in [3.8, 4) is 0 Å². The van der Waals surface area contributed by atoms with Crippen LogP contribution in [0.2, 0.25) is 0 Å². The van der Waals surface area contributed by atoms with Gasteiger partial charge in [-0.25, -0.2) is 5.43 Å². The summed E-state index contributed by atoms with van der Waals surface area (Å²) in [6.45, 7) is 8.91. The molecule has 29 heavy (non-hydrogen) atoms. The van der Waals surface area contributed by atoms with Crippen molar-refractivity contribution < 1.29 is 9.21 Å². The van der Waals surface area contributed by atoms with Crippen LogP contribution in [0, 0.1) is 6.92 Å². The molecule has 0 fully saturated rings. The number of benzene rings is 2. The Morgan fingerprint density at radius 3 is 2.79 bits per heavy atom. The average molecular weight is 389 g/mol. The van der Waals surface area contributed by atoms with Gasteiger partial charge in [0.05, 0.1) is 6.21 Å². The van der Waals surface area contributed by atoms with Crippen LogP contribution in [0.5, 0.6) is 0 Å². The van der Waals surface area contributed by atoms with Crippen molar-refractivity contribution in [3.63, 3.8) is 0 Å². The number of nitrogens with one attached hydrogen (secondary N) is 1. The molecule has 1 aliphatic rings. The second-order valence-electron chi connectivity index (χ2n) is 8.59. The summed E-state index contributed by atoms with van der Waals surface area (Å²) in [5.41, 5.74) is 8.13. The van der Waals surface area contributed by atoms with Crippen LogP contribution in [-0.2, 0) is 0 Å². The molecule has 1 unspecified atom stereocenters. The highest BCUT2D eigenvalue weighted by molar-refractivity contribution is 5.96. The molecule has 0 saturated heterocycles. The van der Waals surface area contributed by atoms with E-state index in [1.807, 2.05) is 24.3 Å². The van der Waals surface area contributed by atoms with E-state index >= 15 is 0 Å². The smallest absolute Gasteiger partial charge is 0.307 e. The first kappa shape index (κ1) is 19.2. The van der Waals surface area contributed by atoms with E-state index in [2.05, 4.69) is 62.3 Å². The third kappa shape index (κ3) is 3.53. The Labute approximate surface area is 171 Å². The fraction of sp³-hybridized carbons (Fsp3) is 0.333. The molecule has 0 radical (unpaired) electrons. The number of fused-ring (bicyclic) bond motifs is 2. The number of para-hydroxylation sites is 1. The summed E-state index contributed by atoms with van der Waals surface area (Å²) in [6.07, 6.45) is 2.81. The molecular weight excluding hydrogens is 362 g/mol. The van der Waals surface area contributed by atoms with Gasteiger partial charge in [-0.05, 0) is 74.1 Å². The van der Waals surface area contributed by atoms with E-state index in [0.29, 0.717) is 11.5 Å². The minimum absolute atomic E-state index is 0.134. The molecule has 1 aliphatic heterocycles. The standard InChI is InChI=1S/C24H27N3O2/c1-15-10-20-19(16(2)13-24(3,4)27(20)5)11-18(15)14-25-26-23(28)22-12-17-8-6-7-9-21(17)29-22/h6-12,14,16H,13H2,1-5H3,(H,26,28)/b25-14-. The molecule has 5 heteroatoms. The van der Waals surface area contributed by atoms with Crippen molar-refractivity contribution in [2.24, 2.45) is 5.10 Å². The highest BCUT2D eigenvalue weighted by atomic mass is 16.3. The number of hydrazone groups is 1. The number of rotatable bonds is 3. The lowest BCUT2D eigenvalue weighted by Crippen LogP contribution is -2.45. The lowest BCUT2D eigenvalue weighted by molar-refractivity contribution is 0.0929. The van der Waals surface area contributed by atoms with Gasteiger partial charge in [0.1, 0.15) is 5.58 Å². The van der Waals surface area contributed by atoms with Gasteiger partial charge in [-0.2, -0.15) is 5.10 Å². The molecule has 0 bridgehead atoms. The Morgan fingerprint density at radius 2 is 2.03 bits per heavy atom. The van der Waals surface area contributed by atoms with Gasteiger partial charge in [-0.1, -0.05) is 25.1 Å². The number of nitrogens with zero attached hydrogens (tertiary/aromatic N) is 2. The van der Waals surface area contributed by atoms with Crippen LogP contribution < -0.4 is 10.3 Å². The van der Waals surface area contributed by atoms with E-state index in [1.54, 1.807) is 12.3 Å². The van der Waals surface area contributed by atoms with E-state index in [9.17, 15) is 4.79 Å². The van der Waals surface area contributed by atoms with Gasteiger partial charge >= 0.3 is 5.91 Å². The average Bonchev–Trinajstić information content (AvgIpc) is 3.11. The van der Waals surface area contributed by atoms with E-state index < -0.39 is 0 Å². The van der Waals surface area contributed by atoms with Crippen molar-refractivity contribution in [2.45, 2.75) is 45.6 Å². The maximum absolute atomic E-state index is 12.4. The fourth-order valence-electron chi connectivity index (χ4n) is 4.18. The molecule has 1 amide bonds. The minimum atomic E-state index is -0.358. The van der Waals surface area contributed by atoms with Crippen molar-refractivity contribution >= 4 is 28.8 Å². The van der Waals surface area contributed by atoms with Crippen molar-refractivity contribution in [2.75, 3.05) is 11.9 Å². The zero-order valence-electron chi connectivity index (χ0n) is 17.6. The van der Waals surface area contributed by atoms with Crippen LogP contribution in [0.15, 0.2) is 52.0 Å². The number of carbonyl (C=O) groups excluding carboxylic acids is 1. The molecule has 1 atom stereocenters. The predicted molar refractivity (Wildman–Crippen MR) is 118 cm³/mol. The Hall–Kier alpha value is -3.08. The van der Waals surface area contributed by atoms with Gasteiger partial charge in [0, 0.05) is 23.7 Å². The first-order valence-electron chi connectivity index (χ1n) is 9.96. The third-order valence-electron chi connectivity index (χ3n) is 6.04. The van der Waals surface area contributed by atoms with Crippen LogP contribution in [-0.4, -0.2) is 24.7 Å². The molecule has 0 saturated carbocycles. The molecule has 5 nitrogen and oxygen atoms in total. The number of furan rings is 1. The Morgan fingerprint density at radius 1 is 1.28 bits per heavy atom. The largest absolute Gasteiger partial charge is 0.451 e. The third-order valence-corrected chi connectivity index (χ3v) is 6.04. The molecular formula is C24H27N3O2. The monoisotopic (exact) mass is 389 g/mol. The second-order valence-corrected chi connectivity index (χ2v) is 8.59. The highest BCUT2D eigenvalue weighted by Gasteiger charge is 2.34. The fourth-order valence-corrected chi connectivity index (χ4v) is 4.18. The zero-order valence-corrected chi connectivity index (χ0v) is 17.6. The van der Waals surface area contributed by atoms with Gasteiger partial charge in [-0.15, -0.1) is 0 Å². The Bertz CT molecular complexity index is 1080. The molecule has 0 spiro atoms. The summed E-state index contributed by atoms with van der Waals surface area (Å²) in [4.78, 5) is 14.7. The van der Waals surface area contributed by atoms with E-state index in [4.69, 9.17) is 4.42 Å². The predicted octanol–water partition coefficient (Wildman–Crippen LogP) is 5.23. The summed E-state index contributed by atoms with van der Waals surface area (Å²) in [5, 5.41) is 5.07. The lowest BCUT2D eigenvalue weighted by Gasteiger charge is -2.45. The molecule has 3 aromatic rings. The first-order chi connectivity index (χ1) is 13.8. The van der Waals surface area contributed by atoms with Crippen LogP contribution >= 0.6 is 0 Å². The summed E-state index contributed by atoms with van der Waals surface area (Å²) in [6, 6.07) is 13.7. The quantitative estimate of drug-likeness (QED) is 0.493. The Kier molecular flexibility index (Phi) is 4.69. The van der Waals surface area contributed by atoms with Gasteiger partial charge in [0.15, 0.2) is 5.76 Å². The number of amides is 1. The van der Waals surface area contributed by atoms with E-state index in [1.165, 1.54) is 11.3 Å². The number of hydrogen-bond donors (Lipinski definition) is 1. The topological polar surface area (TPSA) is 57.8 Å². The maximum Gasteiger partial charge on any atom is 0.307 e. The molecule has 150 valence electrons. The van der Waals surface area contributed by atoms with E-state index in [0.717, 1.165) is 22.9 Å². The molecule has 4 rings (SSSR count). The SMILES string of the molecule is Cc1cc2c(cc1/C=N\NC(=O)c1cc3ccccc3o1)C(C)CC(C)(C)N2C. The number of aryl methyl sites for hydroxylation is 1. The van der Waals surface area contributed by atoms with Crippen molar-refractivity contribution in [1.82, 2.24) is 5.43 Å². The van der Waals surface area contributed by atoms with E-state index in [-0.39, 0.29) is 17.2 Å². The maximum atomic E-state index is 12.4. The zero-order chi connectivity index (χ0) is 20.8. The summed E-state index contributed by atoms with van der Waals surface area (Å²) in [7, 11) is 2.16. The molecule has 2 aromatic carbocycles. The van der Waals surface area contributed by atoms with Crippen LogP contribution in [0.1, 0.15) is 60.4 Å². The van der Waals surface area contributed by atoms with Gasteiger partial charge in [0.25, 0.3) is 0 Å². The number of carbonyl (C=O) groups is 1. The van der Waals surface area contributed by atoms with Crippen LogP contribution in [0.25, 0.3) is 11.0 Å². The Balaban J connectivity index is 1.54. The van der Waals surface area contributed by atoms with Gasteiger partial charge in [0.2, 0.25) is 0 Å². The van der Waals surface area contributed by atoms with Gasteiger partial charge in [-0.3, -0.25) is 4.79 Å². The summed E-state index contributed by atoms with van der Waals surface area (Å²) >= 11 is 0. The minimum Gasteiger partial charge on any atom is -0.451 e. The summed E-state index contributed by atoms with van der Waals surface area (Å²) in [5.74, 6) is 0.361. The second kappa shape index (κ2) is 7.07. The normalized spacial score (nSPS) is 18.2. The molecule has 2 heterocycles. The lowest BCUT2D eigenvalue weighted by atomic mass is 9.79. The molecule has 0 aliphatic carbocycles. The molecule has 1 aromatic heterocycles. The van der Waals surface area contributed by atoms with Crippen molar-refractivity contribution in [3.05, 3.63) is 64.9 Å². The highest BCUT2D eigenvalue weighted by Crippen LogP contribution is 2.43. The number of anilines is 1. The van der Waals surface area contributed by atoms with Gasteiger partial charge < -0.3 is 9.32 Å². The van der Waals surface area contributed by atoms with Crippen LogP contribution in [0.4, 0.5) is 5.69 Å². The van der Waals surface area contributed by atoms with Crippen LogP contribution in [0.3, 0.4) is 0 Å². The molecule has 1 N–H and O–H groups in total. The van der Waals surface area contributed by atoms with Crippen molar-refractivity contribution in [1.29, 1.82) is 0 Å². The summed E-state index contributed by atoms with van der Waals surface area (Å²) < 4.78 is 5.58. The first-order valence-corrected chi connectivity index (χ1v) is 9.96. The number of hydrogen-bond acceptors (Lipinski definition) is 4.